The van der Waals surface area contributed by atoms with Gasteiger partial charge in [0.25, 0.3) is 0 Å². The van der Waals surface area contributed by atoms with E-state index in [0.29, 0.717) is 35.7 Å². The van der Waals surface area contributed by atoms with E-state index in [9.17, 15) is 9.59 Å². The monoisotopic (exact) mass is 483 g/mol. The minimum absolute atomic E-state index is 0.00498. The summed E-state index contributed by atoms with van der Waals surface area (Å²) in [4.78, 5) is 28.9. The van der Waals surface area contributed by atoms with Gasteiger partial charge in [-0.05, 0) is 56.5 Å². The number of likely N-dealkylation sites (tertiary alicyclic amines) is 2. The third kappa shape index (κ3) is 5.50. The van der Waals surface area contributed by atoms with Gasteiger partial charge in [0, 0.05) is 56.6 Å². The number of rotatable bonds is 5. The number of halogens is 2. The number of piperidine rings is 1. The summed E-state index contributed by atoms with van der Waals surface area (Å²) in [6, 6.07) is 6.10. The zero-order valence-electron chi connectivity index (χ0n) is 18.1. The molecule has 3 saturated heterocycles. The standard InChI is InChI=1S/C23H31Cl2N3O4/c24-20-2-1-16(11-21(20)25)19-14-28(13-17(19)12-26-23(30)31)22(29)15-3-7-27(8-4-15)18-5-9-32-10-6-18/h1-2,11,15,17-19,26H,3-10,12-14H2,(H,30,31)/t17-,19-/m0/s1. The van der Waals surface area contributed by atoms with Gasteiger partial charge in [-0.2, -0.15) is 0 Å². The molecule has 0 bridgehead atoms. The molecule has 0 saturated carbocycles. The fourth-order valence-corrected chi connectivity index (χ4v) is 5.72. The number of carbonyl (C=O) groups is 2. The van der Waals surface area contributed by atoms with Crippen molar-refractivity contribution in [1.82, 2.24) is 15.1 Å². The molecule has 0 spiro atoms. The average molecular weight is 484 g/mol. The fourth-order valence-electron chi connectivity index (χ4n) is 5.42. The quantitative estimate of drug-likeness (QED) is 0.666. The van der Waals surface area contributed by atoms with Crippen molar-refractivity contribution in [2.45, 2.75) is 37.6 Å². The molecule has 176 valence electrons. The number of amides is 2. The number of hydrogen-bond acceptors (Lipinski definition) is 4. The van der Waals surface area contributed by atoms with E-state index in [0.717, 1.165) is 57.6 Å². The van der Waals surface area contributed by atoms with E-state index >= 15 is 0 Å². The number of carbonyl (C=O) groups excluding carboxylic acids is 1. The van der Waals surface area contributed by atoms with Crippen molar-refractivity contribution in [2.24, 2.45) is 11.8 Å². The second-order valence-corrected chi connectivity index (χ2v) is 9.94. The Hall–Kier alpha value is -1.54. The van der Waals surface area contributed by atoms with Gasteiger partial charge in [0.2, 0.25) is 5.91 Å². The van der Waals surface area contributed by atoms with Crippen molar-refractivity contribution < 1.29 is 19.4 Å². The Kier molecular flexibility index (Phi) is 7.82. The third-order valence-electron chi connectivity index (χ3n) is 7.23. The second kappa shape index (κ2) is 10.6. The summed E-state index contributed by atoms with van der Waals surface area (Å²) in [6.07, 6.45) is 2.86. The van der Waals surface area contributed by atoms with Crippen LogP contribution in [0.25, 0.3) is 0 Å². The molecule has 1 aromatic carbocycles. The molecule has 4 rings (SSSR count). The van der Waals surface area contributed by atoms with E-state index in [2.05, 4.69) is 10.2 Å². The van der Waals surface area contributed by atoms with Crippen LogP contribution in [0.4, 0.5) is 4.79 Å². The summed E-state index contributed by atoms with van der Waals surface area (Å²) >= 11 is 12.3. The molecule has 3 heterocycles. The largest absolute Gasteiger partial charge is 0.465 e. The zero-order chi connectivity index (χ0) is 22.7. The highest BCUT2D eigenvalue weighted by Gasteiger charge is 2.39. The number of carboxylic acid groups (broad SMARTS) is 1. The number of benzene rings is 1. The topological polar surface area (TPSA) is 82.1 Å². The maximum absolute atomic E-state index is 13.4. The summed E-state index contributed by atoms with van der Waals surface area (Å²) in [5.74, 6) is 0.240. The Morgan fingerprint density at radius 1 is 1.06 bits per heavy atom. The predicted octanol–water partition coefficient (Wildman–Crippen LogP) is 3.69. The molecular weight excluding hydrogens is 453 g/mol. The Morgan fingerprint density at radius 3 is 2.44 bits per heavy atom. The number of ether oxygens (including phenoxy) is 1. The second-order valence-electron chi connectivity index (χ2n) is 9.12. The molecule has 1 aromatic rings. The van der Waals surface area contributed by atoms with Crippen LogP contribution in [-0.4, -0.2) is 78.9 Å². The minimum atomic E-state index is -1.05. The Labute approximate surface area is 199 Å². The van der Waals surface area contributed by atoms with Crippen molar-refractivity contribution in [3.05, 3.63) is 33.8 Å². The van der Waals surface area contributed by atoms with Crippen LogP contribution in [0.5, 0.6) is 0 Å². The highest BCUT2D eigenvalue weighted by Crippen LogP contribution is 2.37. The van der Waals surface area contributed by atoms with Gasteiger partial charge in [0.1, 0.15) is 0 Å². The number of nitrogens with zero attached hydrogens (tertiary/aromatic N) is 2. The highest BCUT2D eigenvalue weighted by atomic mass is 35.5. The molecule has 2 amide bonds. The first-order chi connectivity index (χ1) is 15.4. The molecule has 0 unspecified atom stereocenters. The Balaban J connectivity index is 1.39. The average Bonchev–Trinajstić information content (AvgIpc) is 3.24. The van der Waals surface area contributed by atoms with Gasteiger partial charge < -0.3 is 25.0 Å². The van der Waals surface area contributed by atoms with Gasteiger partial charge in [-0.25, -0.2) is 4.79 Å². The van der Waals surface area contributed by atoms with Crippen LogP contribution >= 0.6 is 23.2 Å². The lowest BCUT2D eigenvalue weighted by molar-refractivity contribution is -0.136. The summed E-state index contributed by atoms with van der Waals surface area (Å²) in [7, 11) is 0. The Morgan fingerprint density at radius 2 is 1.78 bits per heavy atom. The van der Waals surface area contributed by atoms with Gasteiger partial charge in [-0.3, -0.25) is 4.79 Å². The zero-order valence-corrected chi connectivity index (χ0v) is 19.7. The summed E-state index contributed by atoms with van der Waals surface area (Å²) in [5, 5.41) is 12.5. The molecule has 3 aliphatic heterocycles. The van der Waals surface area contributed by atoms with Gasteiger partial charge in [-0.1, -0.05) is 29.3 Å². The molecule has 32 heavy (non-hydrogen) atoms. The molecule has 0 aliphatic carbocycles. The maximum atomic E-state index is 13.4. The first kappa shape index (κ1) is 23.6. The lowest BCUT2D eigenvalue weighted by atomic mass is 9.89. The van der Waals surface area contributed by atoms with Crippen LogP contribution in [0, 0.1) is 11.8 Å². The first-order valence-electron chi connectivity index (χ1n) is 11.4. The molecular formula is C23H31Cl2N3O4. The first-order valence-corrected chi connectivity index (χ1v) is 12.2. The highest BCUT2D eigenvalue weighted by molar-refractivity contribution is 6.42. The Bertz CT molecular complexity index is 825. The van der Waals surface area contributed by atoms with Gasteiger partial charge in [0.15, 0.2) is 0 Å². The van der Waals surface area contributed by atoms with E-state index in [1.807, 2.05) is 17.0 Å². The molecule has 0 radical (unpaired) electrons. The number of hydrogen-bond donors (Lipinski definition) is 2. The third-order valence-corrected chi connectivity index (χ3v) is 7.97. The molecule has 3 fully saturated rings. The van der Waals surface area contributed by atoms with Gasteiger partial charge in [-0.15, -0.1) is 0 Å². The summed E-state index contributed by atoms with van der Waals surface area (Å²) in [5.41, 5.74) is 0.987. The smallest absolute Gasteiger partial charge is 0.404 e. The number of nitrogens with one attached hydrogen (secondary N) is 1. The van der Waals surface area contributed by atoms with E-state index in [1.54, 1.807) is 6.07 Å². The van der Waals surface area contributed by atoms with Crippen LogP contribution in [0.3, 0.4) is 0 Å². The van der Waals surface area contributed by atoms with Crippen LogP contribution < -0.4 is 5.32 Å². The van der Waals surface area contributed by atoms with Crippen LogP contribution in [0.15, 0.2) is 18.2 Å². The van der Waals surface area contributed by atoms with Crippen molar-refractivity contribution in [2.75, 3.05) is 45.9 Å². The molecule has 2 atom stereocenters. The van der Waals surface area contributed by atoms with E-state index in [1.165, 1.54) is 0 Å². The molecule has 3 aliphatic rings. The van der Waals surface area contributed by atoms with E-state index in [4.69, 9.17) is 33.0 Å². The fraction of sp³-hybridized carbons (Fsp3) is 0.652. The van der Waals surface area contributed by atoms with Crippen molar-refractivity contribution >= 4 is 35.2 Å². The lowest BCUT2D eigenvalue weighted by Gasteiger charge is -2.39. The van der Waals surface area contributed by atoms with Gasteiger partial charge >= 0.3 is 6.09 Å². The van der Waals surface area contributed by atoms with Crippen LogP contribution in [0.1, 0.15) is 37.2 Å². The normalized spacial score (nSPS) is 25.8. The van der Waals surface area contributed by atoms with E-state index < -0.39 is 6.09 Å². The van der Waals surface area contributed by atoms with Crippen molar-refractivity contribution in [3.8, 4) is 0 Å². The lowest BCUT2D eigenvalue weighted by Crippen LogP contribution is -2.47. The summed E-state index contributed by atoms with van der Waals surface area (Å²) < 4.78 is 5.48. The van der Waals surface area contributed by atoms with E-state index in [-0.39, 0.29) is 23.7 Å². The molecule has 9 heteroatoms. The SMILES string of the molecule is O=C(O)NC[C@H]1CN(C(=O)C2CCN(C3CCOCC3)CC2)C[C@H]1c1ccc(Cl)c(Cl)c1. The molecule has 7 nitrogen and oxygen atoms in total. The van der Waals surface area contributed by atoms with Crippen molar-refractivity contribution in [1.29, 1.82) is 0 Å². The maximum Gasteiger partial charge on any atom is 0.404 e. The predicted molar refractivity (Wildman–Crippen MR) is 123 cm³/mol. The molecule has 0 aromatic heterocycles. The van der Waals surface area contributed by atoms with Gasteiger partial charge in [0.05, 0.1) is 10.0 Å². The summed E-state index contributed by atoms with van der Waals surface area (Å²) in [6.45, 7) is 4.99. The van der Waals surface area contributed by atoms with Crippen LogP contribution in [-0.2, 0) is 9.53 Å². The minimum Gasteiger partial charge on any atom is -0.465 e. The van der Waals surface area contributed by atoms with Crippen molar-refractivity contribution in [3.63, 3.8) is 0 Å². The van der Waals surface area contributed by atoms with Crippen LogP contribution in [0.2, 0.25) is 10.0 Å². The molecule has 2 N–H and O–H groups in total.